The highest BCUT2D eigenvalue weighted by atomic mass is 79.9. The van der Waals surface area contributed by atoms with E-state index in [-0.39, 0.29) is 15.8 Å². The average Bonchev–Trinajstić information content (AvgIpc) is 1.80. The lowest BCUT2D eigenvalue weighted by molar-refractivity contribution is -0.139. The van der Waals surface area contributed by atoms with Crippen LogP contribution in [0.15, 0.2) is 12.2 Å². The fourth-order valence-electron chi connectivity index (χ4n) is 0.473. The van der Waals surface area contributed by atoms with Gasteiger partial charge in [0.25, 0.3) is 0 Å². The molecule has 0 unspecified atom stereocenters. The number of hydrogen-bond acceptors (Lipinski definition) is 2. The van der Waals surface area contributed by atoms with Gasteiger partial charge in [0.2, 0.25) is 0 Å². The molecule has 0 N–H and O–H groups in total. The van der Waals surface area contributed by atoms with Gasteiger partial charge >= 0.3 is 5.97 Å². The number of ether oxygens (including phenoxy) is 1. The SMILES string of the molecule is O=C1C=C[C@@H](Br)[C@H](Br)O1. The van der Waals surface area contributed by atoms with Crippen LogP contribution in [-0.2, 0) is 9.53 Å². The number of cyclic esters (lactones) is 1. The van der Waals surface area contributed by atoms with Gasteiger partial charge in [0.15, 0.2) is 5.01 Å². The van der Waals surface area contributed by atoms with Crippen molar-refractivity contribution in [2.24, 2.45) is 0 Å². The number of hydrogen-bond donors (Lipinski definition) is 0. The Morgan fingerprint density at radius 1 is 1.56 bits per heavy atom. The summed E-state index contributed by atoms with van der Waals surface area (Å²) >= 11 is 6.42. The van der Waals surface area contributed by atoms with Crippen molar-refractivity contribution < 1.29 is 9.53 Å². The van der Waals surface area contributed by atoms with Gasteiger partial charge in [0.05, 0.1) is 4.83 Å². The summed E-state index contributed by atoms with van der Waals surface area (Å²) < 4.78 is 4.74. The monoisotopic (exact) mass is 254 g/mol. The molecule has 1 aliphatic rings. The summed E-state index contributed by atoms with van der Waals surface area (Å²) in [7, 11) is 0. The van der Waals surface area contributed by atoms with Crippen LogP contribution in [0.3, 0.4) is 0 Å². The van der Waals surface area contributed by atoms with Gasteiger partial charge in [-0.2, -0.15) is 0 Å². The molecule has 50 valence electrons. The molecule has 0 saturated carbocycles. The fourth-order valence-corrected chi connectivity index (χ4v) is 1.09. The number of rotatable bonds is 0. The predicted octanol–water partition coefficient (Wildman–Crippen LogP) is 1.58. The molecule has 0 bridgehead atoms. The average molecular weight is 256 g/mol. The molecule has 2 atom stereocenters. The Hall–Kier alpha value is 0.170. The maximum atomic E-state index is 10.5. The molecule has 1 heterocycles. The van der Waals surface area contributed by atoms with E-state index in [0.29, 0.717) is 0 Å². The molecular formula is C5H4Br2O2. The summed E-state index contributed by atoms with van der Waals surface area (Å²) in [6.07, 6.45) is 3.14. The first-order chi connectivity index (χ1) is 4.20. The van der Waals surface area contributed by atoms with Crippen molar-refractivity contribution in [3.05, 3.63) is 12.2 Å². The normalized spacial score (nSPS) is 34.2. The van der Waals surface area contributed by atoms with Gasteiger partial charge in [-0.3, -0.25) is 0 Å². The first-order valence-corrected chi connectivity index (χ1v) is 4.20. The maximum absolute atomic E-state index is 10.5. The van der Waals surface area contributed by atoms with Crippen LogP contribution in [0.25, 0.3) is 0 Å². The minimum absolute atomic E-state index is 0.0928. The van der Waals surface area contributed by atoms with Gasteiger partial charge in [-0.1, -0.05) is 22.0 Å². The second kappa shape index (κ2) is 2.84. The molecule has 0 fully saturated rings. The third-order valence-corrected chi connectivity index (χ3v) is 3.15. The second-order valence-corrected chi connectivity index (χ2v) is 3.55. The molecule has 0 aliphatic carbocycles. The van der Waals surface area contributed by atoms with E-state index in [2.05, 4.69) is 31.9 Å². The first-order valence-electron chi connectivity index (χ1n) is 2.37. The molecular weight excluding hydrogens is 252 g/mol. The summed E-state index contributed by atoms with van der Waals surface area (Å²) in [5.41, 5.74) is 0. The van der Waals surface area contributed by atoms with E-state index >= 15 is 0 Å². The number of alkyl halides is 2. The fraction of sp³-hybridized carbons (Fsp3) is 0.400. The van der Waals surface area contributed by atoms with Gasteiger partial charge < -0.3 is 4.74 Å². The van der Waals surface area contributed by atoms with E-state index < -0.39 is 0 Å². The minimum atomic E-state index is -0.299. The van der Waals surface area contributed by atoms with Crippen LogP contribution in [0.1, 0.15) is 0 Å². The molecule has 0 radical (unpaired) electrons. The van der Waals surface area contributed by atoms with Crippen molar-refractivity contribution in [3.8, 4) is 0 Å². The van der Waals surface area contributed by atoms with Crippen molar-refractivity contribution in [2.45, 2.75) is 9.84 Å². The highest BCUT2D eigenvalue weighted by Gasteiger charge is 2.20. The van der Waals surface area contributed by atoms with Crippen LogP contribution in [-0.4, -0.2) is 15.8 Å². The highest BCUT2D eigenvalue weighted by Crippen LogP contribution is 2.20. The summed E-state index contributed by atoms with van der Waals surface area (Å²) in [6.45, 7) is 0. The molecule has 0 amide bonds. The largest absolute Gasteiger partial charge is 0.446 e. The molecule has 0 saturated heterocycles. The third-order valence-electron chi connectivity index (χ3n) is 0.895. The Bertz CT molecular complexity index is 155. The van der Waals surface area contributed by atoms with Crippen molar-refractivity contribution in [2.75, 3.05) is 0 Å². The lowest BCUT2D eigenvalue weighted by Gasteiger charge is -2.16. The summed E-state index contributed by atoms with van der Waals surface area (Å²) in [5, 5.41) is -0.227. The molecule has 9 heavy (non-hydrogen) atoms. The van der Waals surface area contributed by atoms with Crippen LogP contribution in [0.4, 0.5) is 0 Å². The lowest BCUT2D eigenvalue weighted by Crippen LogP contribution is -2.23. The number of esters is 1. The molecule has 0 aromatic carbocycles. The van der Waals surface area contributed by atoms with Crippen LogP contribution in [0.5, 0.6) is 0 Å². The predicted molar refractivity (Wildman–Crippen MR) is 40.7 cm³/mol. The Labute approximate surface area is 69.5 Å². The van der Waals surface area contributed by atoms with Gasteiger partial charge in [-0.15, -0.1) is 0 Å². The molecule has 0 aromatic rings. The second-order valence-electron chi connectivity index (χ2n) is 1.59. The van der Waals surface area contributed by atoms with E-state index in [9.17, 15) is 4.79 Å². The van der Waals surface area contributed by atoms with Crippen LogP contribution < -0.4 is 0 Å². The Morgan fingerprint density at radius 3 is 2.67 bits per heavy atom. The van der Waals surface area contributed by atoms with E-state index in [4.69, 9.17) is 4.74 Å². The highest BCUT2D eigenvalue weighted by molar-refractivity contribution is 9.12. The van der Waals surface area contributed by atoms with Crippen molar-refractivity contribution in [1.82, 2.24) is 0 Å². The lowest BCUT2D eigenvalue weighted by atomic mass is 10.3. The number of halogens is 2. The van der Waals surface area contributed by atoms with Crippen LogP contribution in [0.2, 0.25) is 0 Å². The number of carbonyl (C=O) groups is 1. The minimum Gasteiger partial charge on any atom is -0.446 e. The topological polar surface area (TPSA) is 26.3 Å². The third kappa shape index (κ3) is 1.79. The first kappa shape index (κ1) is 7.28. The van der Waals surface area contributed by atoms with E-state index in [1.165, 1.54) is 6.08 Å². The molecule has 0 aromatic heterocycles. The van der Waals surface area contributed by atoms with Crippen molar-refractivity contribution >= 4 is 37.8 Å². The smallest absolute Gasteiger partial charge is 0.331 e. The Balaban J connectivity index is 2.65. The summed E-state index contributed by atoms with van der Waals surface area (Å²) in [6, 6.07) is 0. The maximum Gasteiger partial charge on any atom is 0.331 e. The zero-order valence-electron chi connectivity index (χ0n) is 4.38. The van der Waals surface area contributed by atoms with Crippen molar-refractivity contribution in [3.63, 3.8) is 0 Å². The quantitative estimate of drug-likeness (QED) is 0.485. The van der Waals surface area contributed by atoms with Crippen LogP contribution in [0, 0.1) is 0 Å². The summed E-state index contributed by atoms with van der Waals surface area (Å²) in [4.78, 5) is 10.6. The van der Waals surface area contributed by atoms with Gasteiger partial charge in [-0.05, 0) is 15.9 Å². The van der Waals surface area contributed by atoms with E-state index in [1.807, 2.05) is 0 Å². The van der Waals surface area contributed by atoms with E-state index in [1.54, 1.807) is 6.08 Å². The molecule has 4 heteroatoms. The van der Waals surface area contributed by atoms with Crippen LogP contribution >= 0.6 is 31.9 Å². The Kier molecular flexibility index (Phi) is 2.29. The Morgan fingerprint density at radius 2 is 2.22 bits per heavy atom. The van der Waals surface area contributed by atoms with Crippen molar-refractivity contribution in [1.29, 1.82) is 0 Å². The molecule has 1 aliphatic heterocycles. The number of carbonyl (C=O) groups excluding carboxylic acids is 1. The van der Waals surface area contributed by atoms with Gasteiger partial charge in [0, 0.05) is 6.08 Å². The van der Waals surface area contributed by atoms with Gasteiger partial charge in [-0.25, -0.2) is 4.79 Å². The summed E-state index contributed by atoms with van der Waals surface area (Å²) in [5.74, 6) is -0.299. The van der Waals surface area contributed by atoms with E-state index in [0.717, 1.165) is 0 Å². The van der Waals surface area contributed by atoms with Gasteiger partial charge in [0.1, 0.15) is 0 Å². The standard InChI is InChI=1S/C5H4Br2O2/c6-3-1-2-4(8)9-5(3)7/h1-3,5H/t3-,5-/m1/s1. The zero-order chi connectivity index (χ0) is 6.85. The molecule has 2 nitrogen and oxygen atoms in total. The zero-order valence-corrected chi connectivity index (χ0v) is 7.55. The molecule has 1 rings (SSSR count). The molecule has 0 spiro atoms.